The first-order valence-electron chi connectivity index (χ1n) is 8.55. The highest BCUT2D eigenvalue weighted by Crippen LogP contribution is 2.60. The van der Waals surface area contributed by atoms with E-state index in [0.717, 1.165) is 24.8 Å². The molecule has 1 aliphatic heterocycles. The Balaban J connectivity index is 1.46. The number of aromatic nitrogens is 2. The molecule has 5 nitrogen and oxygen atoms in total. The van der Waals surface area contributed by atoms with Crippen LogP contribution in [0.15, 0.2) is 12.3 Å². The van der Waals surface area contributed by atoms with Gasteiger partial charge in [-0.2, -0.15) is 0 Å². The van der Waals surface area contributed by atoms with Crippen LogP contribution in [0.25, 0.3) is 0 Å². The summed E-state index contributed by atoms with van der Waals surface area (Å²) in [5.41, 5.74) is 1.49. The monoisotopic (exact) mass is 302 g/mol. The number of ether oxygens (including phenoxy) is 1. The van der Waals surface area contributed by atoms with Gasteiger partial charge in [-0.3, -0.25) is 0 Å². The predicted octanol–water partition coefficient (Wildman–Crippen LogP) is 1.98. The molecule has 5 heteroatoms. The summed E-state index contributed by atoms with van der Waals surface area (Å²) in [6.07, 6.45) is 8.99. The Morgan fingerprint density at radius 2 is 2.18 bits per heavy atom. The van der Waals surface area contributed by atoms with Gasteiger partial charge in [0.05, 0.1) is 11.8 Å². The Morgan fingerprint density at radius 1 is 1.36 bits per heavy atom. The third-order valence-corrected chi connectivity index (χ3v) is 5.89. The summed E-state index contributed by atoms with van der Waals surface area (Å²) < 4.78 is 6.05. The summed E-state index contributed by atoms with van der Waals surface area (Å²) in [6.45, 7) is 1.78. The zero-order chi connectivity index (χ0) is 15.2. The van der Waals surface area contributed by atoms with E-state index in [2.05, 4.69) is 15.3 Å². The molecule has 0 amide bonds. The molecule has 1 aromatic rings. The summed E-state index contributed by atoms with van der Waals surface area (Å²) in [5.74, 6) is 1.50. The van der Waals surface area contributed by atoms with Gasteiger partial charge in [-0.05, 0) is 25.3 Å². The molecule has 2 aliphatic carbocycles. The molecule has 3 atom stereocenters. The van der Waals surface area contributed by atoms with Gasteiger partial charge in [0, 0.05) is 50.8 Å². The summed E-state index contributed by atoms with van der Waals surface area (Å²) in [4.78, 5) is 10.9. The molecular formula is C17H26N4O. The first-order valence-corrected chi connectivity index (χ1v) is 8.55. The van der Waals surface area contributed by atoms with Crippen LogP contribution < -0.4 is 10.2 Å². The second-order valence-corrected chi connectivity index (χ2v) is 7.29. The summed E-state index contributed by atoms with van der Waals surface area (Å²) in [5, 5.41) is 3.82. The van der Waals surface area contributed by atoms with Crippen molar-refractivity contribution in [3.05, 3.63) is 18.0 Å². The van der Waals surface area contributed by atoms with Crippen molar-refractivity contribution in [3.8, 4) is 0 Å². The largest absolute Gasteiger partial charge is 0.377 e. The number of fused-ring (bicyclic) bond motifs is 2. The molecule has 0 aromatic carbocycles. The maximum Gasteiger partial charge on any atom is 0.225 e. The second kappa shape index (κ2) is 5.46. The van der Waals surface area contributed by atoms with Gasteiger partial charge in [0.2, 0.25) is 5.95 Å². The zero-order valence-corrected chi connectivity index (χ0v) is 13.6. The van der Waals surface area contributed by atoms with Gasteiger partial charge in [0.15, 0.2) is 0 Å². The molecule has 120 valence electrons. The van der Waals surface area contributed by atoms with Crippen molar-refractivity contribution in [2.75, 3.05) is 25.6 Å². The minimum Gasteiger partial charge on any atom is -0.377 e. The van der Waals surface area contributed by atoms with Crippen molar-refractivity contribution >= 4 is 5.95 Å². The highest BCUT2D eigenvalue weighted by molar-refractivity contribution is 5.27. The highest BCUT2D eigenvalue weighted by Gasteiger charge is 2.64. The molecule has 0 radical (unpaired) electrons. The van der Waals surface area contributed by atoms with Gasteiger partial charge in [-0.1, -0.05) is 12.8 Å². The molecule has 22 heavy (non-hydrogen) atoms. The molecule has 3 fully saturated rings. The fraction of sp³-hybridized carbons (Fsp3) is 0.765. The van der Waals surface area contributed by atoms with Crippen LogP contribution >= 0.6 is 0 Å². The van der Waals surface area contributed by atoms with Crippen molar-refractivity contribution < 1.29 is 4.74 Å². The molecule has 3 aliphatic rings. The SMILES string of the molecule is CN(C)c1nccc(CN[C@@H]2[C@H]3CCO[C@@H]3C23CCCC3)n1. The Kier molecular flexibility index (Phi) is 3.57. The van der Waals surface area contributed by atoms with Gasteiger partial charge < -0.3 is 15.0 Å². The van der Waals surface area contributed by atoms with E-state index in [1.807, 2.05) is 31.3 Å². The van der Waals surface area contributed by atoms with Crippen molar-refractivity contribution in [2.45, 2.75) is 50.8 Å². The quantitative estimate of drug-likeness (QED) is 0.921. The minimum atomic E-state index is 0.415. The number of nitrogens with zero attached hydrogens (tertiary/aromatic N) is 3. The van der Waals surface area contributed by atoms with Crippen LogP contribution in [0, 0.1) is 11.3 Å². The highest BCUT2D eigenvalue weighted by atomic mass is 16.5. The van der Waals surface area contributed by atoms with E-state index in [-0.39, 0.29) is 0 Å². The maximum atomic E-state index is 6.05. The Bertz CT molecular complexity index is 541. The maximum absolute atomic E-state index is 6.05. The number of anilines is 1. The smallest absolute Gasteiger partial charge is 0.225 e. The molecule has 1 aromatic heterocycles. The van der Waals surface area contributed by atoms with E-state index < -0.39 is 0 Å². The van der Waals surface area contributed by atoms with Crippen LogP contribution in [0.4, 0.5) is 5.95 Å². The minimum absolute atomic E-state index is 0.415. The summed E-state index contributed by atoms with van der Waals surface area (Å²) >= 11 is 0. The molecule has 1 saturated heterocycles. The van der Waals surface area contributed by atoms with Crippen LogP contribution in [-0.4, -0.2) is 42.8 Å². The fourth-order valence-corrected chi connectivity index (χ4v) is 4.92. The van der Waals surface area contributed by atoms with Crippen LogP contribution in [0.2, 0.25) is 0 Å². The van der Waals surface area contributed by atoms with Gasteiger partial charge >= 0.3 is 0 Å². The van der Waals surface area contributed by atoms with Crippen molar-refractivity contribution in [1.82, 2.24) is 15.3 Å². The molecular weight excluding hydrogens is 276 g/mol. The predicted molar refractivity (Wildman–Crippen MR) is 85.7 cm³/mol. The lowest BCUT2D eigenvalue weighted by atomic mass is 9.54. The number of hydrogen-bond donors (Lipinski definition) is 1. The van der Waals surface area contributed by atoms with Gasteiger partial charge in [-0.15, -0.1) is 0 Å². The molecule has 2 saturated carbocycles. The van der Waals surface area contributed by atoms with Crippen LogP contribution in [0.5, 0.6) is 0 Å². The third-order valence-electron chi connectivity index (χ3n) is 5.89. The second-order valence-electron chi connectivity index (χ2n) is 7.29. The van der Waals surface area contributed by atoms with E-state index in [9.17, 15) is 0 Å². The Hall–Kier alpha value is -1.20. The average molecular weight is 302 g/mol. The van der Waals surface area contributed by atoms with E-state index in [0.29, 0.717) is 23.5 Å². The van der Waals surface area contributed by atoms with Crippen molar-refractivity contribution in [2.24, 2.45) is 11.3 Å². The standard InChI is InChI=1S/C17H26N4O/c1-21(2)16-18-9-5-12(20-16)11-19-14-13-6-10-22-15(13)17(14)7-3-4-8-17/h5,9,13-15,19H,3-4,6-8,10-11H2,1-2H3/t13-,14-,15+/m1/s1. The number of hydrogen-bond acceptors (Lipinski definition) is 5. The topological polar surface area (TPSA) is 50.3 Å². The van der Waals surface area contributed by atoms with Crippen molar-refractivity contribution in [1.29, 1.82) is 0 Å². The molecule has 4 rings (SSSR count). The van der Waals surface area contributed by atoms with Gasteiger partial charge in [0.25, 0.3) is 0 Å². The molecule has 0 bridgehead atoms. The number of rotatable bonds is 4. The Labute approximate surface area is 132 Å². The van der Waals surface area contributed by atoms with Crippen LogP contribution in [0.1, 0.15) is 37.8 Å². The van der Waals surface area contributed by atoms with E-state index >= 15 is 0 Å². The number of nitrogens with one attached hydrogen (secondary N) is 1. The third kappa shape index (κ3) is 2.14. The molecule has 1 N–H and O–H groups in total. The zero-order valence-electron chi connectivity index (χ0n) is 13.6. The first kappa shape index (κ1) is 14.4. The van der Waals surface area contributed by atoms with Gasteiger partial charge in [-0.25, -0.2) is 9.97 Å². The molecule has 2 heterocycles. The summed E-state index contributed by atoms with van der Waals surface area (Å²) in [7, 11) is 3.96. The molecule has 1 spiro atoms. The fourth-order valence-electron chi connectivity index (χ4n) is 4.92. The first-order chi connectivity index (χ1) is 10.7. The van der Waals surface area contributed by atoms with Crippen molar-refractivity contribution in [3.63, 3.8) is 0 Å². The lowest BCUT2D eigenvalue weighted by molar-refractivity contribution is -0.131. The van der Waals surface area contributed by atoms with E-state index in [1.54, 1.807) is 0 Å². The lowest BCUT2D eigenvalue weighted by Crippen LogP contribution is -2.67. The van der Waals surface area contributed by atoms with E-state index in [4.69, 9.17) is 4.74 Å². The lowest BCUT2D eigenvalue weighted by Gasteiger charge is -2.57. The average Bonchev–Trinajstić information content (AvgIpc) is 3.15. The summed E-state index contributed by atoms with van der Waals surface area (Å²) in [6, 6.07) is 2.63. The van der Waals surface area contributed by atoms with E-state index in [1.165, 1.54) is 32.1 Å². The Morgan fingerprint density at radius 3 is 2.95 bits per heavy atom. The van der Waals surface area contributed by atoms with Gasteiger partial charge in [0.1, 0.15) is 0 Å². The molecule has 0 unspecified atom stereocenters. The van der Waals surface area contributed by atoms with Crippen LogP contribution in [-0.2, 0) is 11.3 Å². The van der Waals surface area contributed by atoms with Crippen LogP contribution in [0.3, 0.4) is 0 Å². The normalized spacial score (nSPS) is 32.0.